The molecular formula is C17H25N3O3. The van der Waals surface area contributed by atoms with Gasteiger partial charge in [0.1, 0.15) is 0 Å². The van der Waals surface area contributed by atoms with Crippen molar-refractivity contribution in [3.8, 4) is 0 Å². The van der Waals surface area contributed by atoms with E-state index in [2.05, 4.69) is 11.4 Å². The smallest absolute Gasteiger partial charge is 0.317 e. The number of nitrogens with one attached hydrogen (secondary N) is 1. The summed E-state index contributed by atoms with van der Waals surface area (Å²) in [7, 11) is 1.58. The number of ether oxygens (including phenoxy) is 1. The van der Waals surface area contributed by atoms with Gasteiger partial charge in [0.05, 0.1) is 24.3 Å². The third-order valence-corrected chi connectivity index (χ3v) is 4.99. The van der Waals surface area contributed by atoms with E-state index < -0.39 is 5.60 Å². The maximum absolute atomic E-state index is 12.5. The topological polar surface area (TPSA) is 87.8 Å². The second kappa shape index (κ2) is 6.47. The Balaban J connectivity index is 1.55. The van der Waals surface area contributed by atoms with Gasteiger partial charge in [-0.25, -0.2) is 4.79 Å². The molecule has 6 nitrogen and oxygen atoms in total. The van der Waals surface area contributed by atoms with Crippen molar-refractivity contribution in [2.75, 3.05) is 26.8 Å². The lowest BCUT2D eigenvalue weighted by Gasteiger charge is -2.38. The summed E-state index contributed by atoms with van der Waals surface area (Å²) in [5, 5.41) is 13.4. The number of hydrogen-bond acceptors (Lipinski definition) is 4. The van der Waals surface area contributed by atoms with Crippen LogP contribution in [0.1, 0.15) is 30.0 Å². The van der Waals surface area contributed by atoms with Crippen LogP contribution in [0.25, 0.3) is 0 Å². The second-order valence-electron chi connectivity index (χ2n) is 6.63. The summed E-state index contributed by atoms with van der Waals surface area (Å²) < 4.78 is 5.05. The molecule has 1 heterocycles. The lowest BCUT2D eigenvalue weighted by molar-refractivity contribution is -0.0648. The Labute approximate surface area is 136 Å². The third kappa shape index (κ3) is 3.34. The average molecular weight is 319 g/mol. The second-order valence-corrected chi connectivity index (χ2v) is 6.63. The van der Waals surface area contributed by atoms with Gasteiger partial charge in [0.2, 0.25) is 0 Å². The van der Waals surface area contributed by atoms with Crippen LogP contribution in [0.15, 0.2) is 24.3 Å². The van der Waals surface area contributed by atoms with Crippen LogP contribution in [0.5, 0.6) is 0 Å². The van der Waals surface area contributed by atoms with Crippen molar-refractivity contribution in [2.24, 2.45) is 5.73 Å². The van der Waals surface area contributed by atoms with Gasteiger partial charge in [0, 0.05) is 20.2 Å². The molecule has 0 bridgehead atoms. The molecule has 3 rings (SSSR count). The molecule has 126 valence electrons. The van der Waals surface area contributed by atoms with Crippen LogP contribution < -0.4 is 11.1 Å². The Bertz CT molecular complexity index is 570. The molecule has 4 N–H and O–H groups in total. The fourth-order valence-corrected chi connectivity index (χ4v) is 3.56. The number of amides is 2. The Hall–Kier alpha value is -1.63. The molecule has 0 unspecified atom stereocenters. The number of benzene rings is 1. The number of urea groups is 1. The molecule has 6 heteroatoms. The van der Waals surface area contributed by atoms with E-state index in [9.17, 15) is 9.90 Å². The SMILES string of the molecule is COCC1(O)CCN(C(=O)N[C@@H]2Cc3ccccc3[C@H]2N)CC1. The number of methoxy groups -OCH3 is 1. The summed E-state index contributed by atoms with van der Waals surface area (Å²) in [6.07, 6.45) is 1.83. The summed E-state index contributed by atoms with van der Waals surface area (Å²) in [5.41, 5.74) is 7.77. The molecule has 2 atom stereocenters. The monoisotopic (exact) mass is 319 g/mol. The van der Waals surface area contributed by atoms with Crippen LogP contribution >= 0.6 is 0 Å². The van der Waals surface area contributed by atoms with Crippen molar-refractivity contribution in [2.45, 2.75) is 36.9 Å². The van der Waals surface area contributed by atoms with Crippen molar-refractivity contribution in [1.29, 1.82) is 0 Å². The van der Waals surface area contributed by atoms with Crippen molar-refractivity contribution in [3.63, 3.8) is 0 Å². The highest BCUT2D eigenvalue weighted by molar-refractivity contribution is 5.75. The van der Waals surface area contributed by atoms with Crippen LogP contribution in [0.4, 0.5) is 4.79 Å². The van der Waals surface area contributed by atoms with Gasteiger partial charge in [-0.05, 0) is 30.4 Å². The molecule has 1 aliphatic carbocycles. The van der Waals surface area contributed by atoms with E-state index in [4.69, 9.17) is 10.5 Å². The predicted octanol–water partition coefficient (Wildman–Crippen LogP) is 0.794. The summed E-state index contributed by atoms with van der Waals surface area (Å²) in [4.78, 5) is 14.2. The first-order valence-corrected chi connectivity index (χ1v) is 8.12. The number of piperidine rings is 1. The number of carbonyl (C=O) groups excluding carboxylic acids is 1. The lowest BCUT2D eigenvalue weighted by Crippen LogP contribution is -2.54. The Kier molecular flexibility index (Phi) is 4.57. The molecule has 2 aliphatic rings. The Morgan fingerprint density at radius 1 is 1.43 bits per heavy atom. The number of rotatable bonds is 3. The van der Waals surface area contributed by atoms with Gasteiger partial charge in [-0.2, -0.15) is 0 Å². The van der Waals surface area contributed by atoms with Crippen molar-refractivity contribution in [3.05, 3.63) is 35.4 Å². The van der Waals surface area contributed by atoms with E-state index >= 15 is 0 Å². The number of fused-ring (bicyclic) bond motifs is 1. The first-order chi connectivity index (χ1) is 11.0. The maximum Gasteiger partial charge on any atom is 0.317 e. The molecular weight excluding hydrogens is 294 g/mol. The van der Waals surface area contributed by atoms with Gasteiger partial charge in [-0.3, -0.25) is 0 Å². The van der Waals surface area contributed by atoms with E-state index in [0.717, 1.165) is 12.0 Å². The zero-order valence-corrected chi connectivity index (χ0v) is 13.5. The highest BCUT2D eigenvalue weighted by Crippen LogP contribution is 2.29. The predicted molar refractivity (Wildman–Crippen MR) is 87.0 cm³/mol. The number of likely N-dealkylation sites (tertiary alicyclic amines) is 1. The van der Waals surface area contributed by atoms with Gasteiger partial charge in [-0.15, -0.1) is 0 Å². The van der Waals surface area contributed by atoms with Gasteiger partial charge in [-0.1, -0.05) is 24.3 Å². The van der Waals surface area contributed by atoms with Gasteiger partial charge in [0.15, 0.2) is 0 Å². The standard InChI is InChI=1S/C17H25N3O3/c1-23-11-17(22)6-8-20(9-7-17)16(21)19-14-10-12-4-2-3-5-13(12)15(14)18/h2-5,14-15,22H,6-11,18H2,1H3,(H,19,21)/t14-,15-/m1/s1. The number of carbonyl (C=O) groups is 1. The molecule has 0 saturated carbocycles. The average Bonchev–Trinajstić information content (AvgIpc) is 2.84. The molecule has 2 amide bonds. The molecule has 1 aromatic rings. The van der Waals surface area contributed by atoms with Gasteiger partial charge >= 0.3 is 6.03 Å². The van der Waals surface area contributed by atoms with E-state index in [1.807, 2.05) is 18.2 Å². The van der Waals surface area contributed by atoms with Crippen molar-refractivity contribution >= 4 is 6.03 Å². The minimum Gasteiger partial charge on any atom is -0.387 e. The van der Waals surface area contributed by atoms with Crippen LogP contribution in [-0.2, 0) is 11.2 Å². The van der Waals surface area contributed by atoms with Crippen molar-refractivity contribution in [1.82, 2.24) is 10.2 Å². The summed E-state index contributed by atoms with van der Waals surface area (Å²) in [6, 6.07) is 7.73. The van der Waals surface area contributed by atoms with Crippen molar-refractivity contribution < 1.29 is 14.6 Å². The fraction of sp³-hybridized carbons (Fsp3) is 0.588. The molecule has 23 heavy (non-hydrogen) atoms. The summed E-state index contributed by atoms with van der Waals surface area (Å²) >= 11 is 0. The molecule has 0 radical (unpaired) electrons. The van der Waals surface area contributed by atoms with E-state index in [1.54, 1.807) is 12.0 Å². The number of nitrogens with two attached hydrogens (primary N) is 1. The van der Waals surface area contributed by atoms with Gasteiger partial charge in [0.25, 0.3) is 0 Å². The van der Waals surface area contributed by atoms with E-state index in [1.165, 1.54) is 5.56 Å². The van der Waals surface area contributed by atoms with Crippen LogP contribution in [0.3, 0.4) is 0 Å². The number of nitrogens with zero attached hydrogens (tertiary/aromatic N) is 1. The van der Waals surface area contributed by atoms with E-state index in [0.29, 0.717) is 32.5 Å². The van der Waals surface area contributed by atoms with Gasteiger partial charge < -0.3 is 25.8 Å². The molecule has 0 aromatic heterocycles. The molecule has 1 aromatic carbocycles. The molecule has 1 saturated heterocycles. The quantitative estimate of drug-likeness (QED) is 0.769. The zero-order chi connectivity index (χ0) is 16.4. The first-order valence-electron chi connectivity index (χ1n) is 8.12. The minimum absolute atomic E-state index is 0.0697. The largest absolute Gasteiger partial charge is 0.387 e. The lowest BCUT2D eigenvalue weighted by atomic mass is 9.92. The summed E-state index contributed by atoms with van der Waals surface area (Å²) in [5.74, 6) is 0. The Morgan fingerprint density at radius 2 is 2.13 bits per heavy atom. The molecule has 1 fully saturated rings. The third-order valence-electron chi connectivity index (χ3n) is 4.99. The highest BCUT2D eigenvalue weighted by Gasteiger charge is 2.36. The van der Waals surface area contributed by atoms with Crippen LogP contribution in [-0.4, -0.2) is 54.5 Å². The van der Waals surface area contributed by atoms with Crippen LogP contribution in [0, 0.1) is 0 Å². The fourth-order valence-electron chi connectivity index (χ4n) is 3.56. The van der Waals surface area contributed by atoms with E-state index in [-0.39, 0.29) is 18.1 Å². The molecule has 1 aliphatic heterocycles. The maximum atomic E-state index is 12.5. The zero-order valence-electron chi connectivity index (χ0n) is 13.5. The number of hydrogen-bond donors (Lipinski definition) is 3. The Morgan fingerprint density at radius 3 is 2.78 bits per heavy atom. The highest BCUT2D eigenvalue weighted by atomic mass is 16.5. The normalized spacial score (nSPS) is 26.0. The molecule has 0 spiro atoms. The minimum atomic E-state index is -0.814. The first kappa shape index (κ1) is 16.2. The summed E-state index contributed by atoms with van der Waals surface area (Å²) in [6.45, 7) is 1.37. The van der Waals surface area contributed by atoms with Crippen LogP contribution in [0.2, 0.25) is 0 Å². The number of aliphatic hydroxyl groups is 1.